The Morgan fingerprint density at radius 3 is 2.69 bits per heavy atom. The van der Waals surface area contributed by atoms with Crippen molar-refractivity contribution in [1.82, 2.24) is 14.9 Å². The number of fused-ring (bicyclic) bond motifs is 1. The first kappa shape index (κ1) is 16.7. The highest BCUT2D eigenvalue weighted by Gasteiger charge is 2.19. The summed E-state index contributed by atoms with van der Waals surface area (Å²) in [5.74, 6) is 1.01. The van der Waals surface area contributed by atoms with Gasteiger partial charge in [-0.1, -0.05) is 12.1 Å². The smallest absolute Gasteiger partial charge is 0.165 e. The topological polar surface area (TPSA) is 52.5 Å². The standard InChI is InChI=1S/C20H21FN4O/c1-24-9-4-10-25(12-11-24)20-16-13-14(21)7-8-17(16)22-19(23-20)15-5-2-3-6-18(15)26/h2-3,5-8,13,26H,4,9-12H2,1H3. The SMILES string of the molecule is CN1CCCN(c2nc(-c3ccccc3O)nc3ccc(F)cc23)CC1. The minimum absolute atomic E-state index is 0.135. The first-order valence-electron chi connectivity index (χ1n) is 8.81. The van der Waals surface area contributed by atoms with E-state index in [9.17, 15) is 9.50 Å². The number of aromatic hydroxyl groups is 1. The molecule has 134 valence electrons. The van der Waals surface area contributed by atoms with Gasteiger partial charge < -0.3 is 14.9 Å². The van der Waals surface area contributed by atoms with Gasteiger partial charge >= 0.3 is 0 Å². The van der Waals surface area contributed by atoms with Gasteiger partial charge in [0.05, 0.1) is 11.1 Å². The molecule has 1 aromatic heterocycles. The summed E-state index contributed by atoms with van der Waals surface area (Å²) in [6.45, 7) is 3.62. The summed E-state index contributed by atoms with van der Waals surface area (Å²) in [5, 5.41) is 10.9. The highest BCUT2D eigenvalue weighted by molar-refractivity contribution is 5.91. The van der Waals surface area contributed by atoms with Gasteiger partial charge in [0.2, 0.25) is 0 Å². The quantitative estimate of drug-likeness (QED) is 0.767. The van der Waals surface area contributed by atoms with Crippen molar-refractivity contribution >= 4 is 16.7 Å². The molecule has 4 rings (SSSR count). The fourth-order valence-electron chi connectivity index (χ4n) is 3.37. The first-order chi connectivity index (χ1) is 12.6. The van der Waals surface area contributed by atoms with Crippen molar-refractivity contribution in [2.45, 2.75) is 6.42 Å². The van der Waals surface area contributed by atoms with Crippen LogP contribution < -0.4 is 4.90 Å². The van der Waals surface area contributed by atoms with Gasteiger partial charge in [-0.15, -0.1) is 0 Å². The fraction of sp³-hybridized carbons (Fsp3) is 0.300. The van der Waals surface area contributed by atoms with Crippen LogP contribution in [0, 0.1) is 5.82 Å². The van der Waals surface area contributed by atoms with Gasteiger partial charge in [-0.25, -0.2) is 14.4 Å². The molecule has 1 fully saturated rings. The largest absolute Gasteiger partial charge is 0.507 e. The molecule has 2 heterocycles. The third-order valence-electron chi connectivity index (χ3n) is 4.80. The molecule has 3 aromatic rings. The lowest BCUT2D eigenvalue weighted by Gasteiger charge is -2.23. The zero-order valence-corrected chi connectivity index (χ0v) is 14.7. The average Bonchev–Trinajstić information content (AvgIpc) is 2.86. The van der Waals surface area contributed by atoms with Crippen molar-refractivity contribution in [3.05, 3.63) is 48.3 Å². The van der Waals surface area contributed by atoms with E-state index in [1.54, 1.807) is 24.3 Å². The van der Waals surface area contributed by atoms with Gasteiger partial charge in [0, 0.05) is 25.0 Å². The molecule has 0 amide bonds. The summed E-state index contributed by atoms with van der Waals surface area (Å²) in [6, 6.07) is 11.6. The van der Waals surface area contributed by atoms with Crippen molar-refractivity contribution < 1.29 is 9.50 Å². The van der Waals surface area contributed by atoms with Crippen molar-refractivity contribution in [2.24, 2.45) is 0 Å². The van der Waals surface area contributed by atoms with Crippen LogP contribution in [0.15, 0.2) is 42.5 Å². The maximum absolute atomic E-state index is 13.9. The van der Waals surface area contributed by atoms with E-state index in [4.69, 9.17) is 4.98 Å². The summed E-state index contributed by atoms with van der Waals surface area (Å²) in [7, 11) is 2.11. The van der Waals surface area contributed by atoms with E-state index in [1.165, 1.54) is 12.1 Å². The Balaban J connectivity index is 1.89. The summed E-state index contributed by atoms with van der Waals surface area (Å²) in [5.41, 5.74) is 1.25. The normalized spacial score (nSPS) is 16.0. The van der Waals surface area contributed by atoms with Crippen LogP contribution >= 0.6 is 0 Å². The van der Waals surface area contributed by atoms with Crippen molar-refractivity contribution in [3.8, 4) is 17.1 Å². The predicted molar refractivity (Wildman–Crippen MR) is 101 cm³/mol. The monoisotopic (exact) mass is 352 g/mol. The third-order valence-corrected chi connectivity index (χ3v) is 4.80. The Bertz CT molecular complexity index is 946. The molecule has 26 heavy (non-hydrogen) atoms. The van der Waals surface area contributed by atoms with E-state index in [0.717, 1.165) is 38.4 Å². The summed E-state index contributed by atoms with van der Waals surface area (Å²) < 4.78 is 13.9. The highest BCUT2D eigenvalue weighted by atomic mass is 19.1. The zero-order chi connectivity index (χ0) is 18.1. The van der Waals surface area contributed by atoms with Crippen molar-refractivity contribution in [2.75, 3.05) is 38.1 Å². The molecular formula is C20H21FN4O. The van der Waals surface area contributed by atoms with Crippen LogP contribution in [-0.2, 0) is 0 Å². The number of phenolic OH excluding ortho intramolecular Hbond substituents is 1. The van der Waals surface area contributed by atoms with E-state index in [-0.39, 0.29) is 11.6 Å². The number of aromatic nitrogens is 2. The van der Waals surface area contributed by atoms with Gasteiger partial charge in [0.1, 0.15) is 17.4 Å². The van der Waals surface area contributed by atoms with Gasteiger partial charge in [0.25, 0.3) is 0 Å². The Morgan fingerprint density at radius 2 is 1.85 bits per heavy atom. The van der Waals surface area contributed by atoms with E-state index >= 15 is 0 Å². The molecule has 0 unspecified atom stereocenters. The van der Waals surface area contributed by atoms with Gasteiger partial charge in [0.15, 0.2) is 5.82 Å². The molecule has 1 aliphatic heterocycles. The number of benzene rings is 2. The predicted octanol–water partition coefficient (Wildman–Crippen LogP) is 3.28. The van der Waals surface area contributed by atoms with E-state index in [2.05, 4.69) is 21.8 Å². The van der Waals surface area contributed by atoms with Gasteiger partial charge in [-0.2, -0.15) is 0 Å². The minimum Gasteiger partial charge on any atom is -0.507 e. The van der Waals surface area contributed by atoms with Crippen LogP contribution in [0.2, 0.25) is 0 Å². The molecule has 0 spiro atoms. The van der Waals surface area contributed by atoms with Crippen LogP contribution in [0.3, 0.4) is 0 Å². The van der Waals surface area contributed by atoms with Crippen molar-refractivity contribution in [3.63, 3.8) is 0 Å². The molecule has 0 radical (unpaired) electrons. The van der Waals surface area contributed by atoms with Crippen LogP contribution in [0.25, 0.3) is 22.3 Å². The van der Waals surface area contributed by atoms with Crippen LogP contribution in [0.1, 0.15) is 6.42 Å². The number of hydrogen-bond donors (Lipinski definition) is 1. The lowest BCUT2D eigenvalue weighted by molar-refractivity contribution is 0.360. The molecule has 0 bridgehead atoms. The highest BCUT2D eigenvalue weighted by Crippen LogP contribution is 2.32. The Morgan fingerprint density at radius 1 is 1.00 bits per heavy atom. The number of anilines is 1. The third kappa shape index (κ3) is 3.20. The second kappa shape index (κ2) is 6.88. The molecule has 6 heteroatoms. The van der Waals surface area contributed by atoms with E-state index in [1.807, 2.05) is 6.07 Å². The van der Waals surface area contributed by atoms with E-state index < -0.39 is 0 Å². The summed E-state index contributed by atoms with van der Waals surface area (Å²) >= 11 is 0. The molecule has 1 saturated heterocycles. The lowest BCUT2D eigenvalue weighted by atomic mass is 10.1. The number of para-hydroxylation sites is 1. The molecular weight excluding hydrogens is 331 g/mol. The molecule has 0 aliphatic carbocycles. The number of hydrogen-bond acceptors (Lipinski definition) is 5. The molecule has 1 N–H and O–H groups in total. The summed E-state index contributed by atoms with van der Waals surface area (Å²) in [4.78, 5) is 13.8. The second-order valence-electron chi connectivity index (χ2n) is 6.69. The van der Waals surface area contributed by atoms with Crippen LogP contribution in [-0.4, -0.2) is 53.2 Å². The number of rotatable bonds is 2. The Labute approximate surface area is 151 Å². The van der Waals surface area contributed by atoms with Gasteiger partial charge in [-0.3, -0.25) is 0 Å². The Kier molecular flexibility index (Phi) is 4.42. The average molecular weight is 352 g/mol. The Hall–Kier alpha value is -2.73. The van der Waals surface area contributed by atoms with Gasteiger partial charge in [-0.05, 0) is 50.3 Å². The number of likely N-dealkylation sites (N-methyl/N-ethyl adjacent to an activating group) is 1. The summed E-state index contributed by atoms with van der Waals surface area (Å²) in [6.07, 6.45) is 1.02. The maximum Gasteiger partial charge on any atom is 0.165 e. The minimum atomic E-state index is -0.301. The number of halogens is 1. The zero-order valence-electron chi connectivity index (χ0n) is 14.7. The van der Waals surface area contributed by atoms with E-state index in [0.29, 0.717) is 22.3 Å². The molecule has 0 atom stereocenters. The molecule has 1 aliphatic rings. The first-order valence-corrected chi connectivity index (χ1v) is 8.81. The number of nitrogens with zero attached hydrogens (tertiary/aromatic N) is 4. The molecule has 0 saturated carbocycles. The molecule has 5 nitrogen and oxygen atoms in total. The van der Waals surface area contributed by atoms with Crippen LogP contribution in [0.5, 0.6) is 5.75 Å². The lowest BCUT2D eigenvalue weighted by Crippen LogP contribution is -2.29. The van der Waals surface area contributed by atoms with Crippen LogP contribution in [0.4, 0.5) is 10.2 Å². The maximum atomic E-state index is 13.9. The molecule has 2 aromatic carbocycles. The second-order valence-corrected chi connectivity index (χ2v) is 6.69. The van der Waals surface area contributed by atoms with Crippen molar-refractivity contribution in [1.29, 1.82) is 0 Å². The number of phenols is 1. The fourth-order valence-corrected chi connectivity index (χ4v) is 3.37.